The van der Waals surface area contributed by atoms with E-state index in [0.29, 0.717) is 0 Å². The Balaban J connectivity index is 1.82. The first-order valence-electron chi connectivity index (χ1n) is 7.56. The Labute approximate surface area is 118 Å². The van der Waals surface area contributed by atoms with Crippen molar-refractivity contribution >= 4 is 0 Å². The Hall–Kier alpha value is -0.200. The Bertz CT molecular complexity index is 275. The molecule has 2 saturated heterocycles. The van der Waals surface area contributed by atoms with Crippen molar-refractivity contribution in [3.05, 3.63) is 0 Å². The van der Waals surface area contributed by atoms with Gasteiger partial charge in [0.25, 0.3) is 0 Å². The number of nitrogens with zero attached hydrogens (tertiary/aromatic N) is 4. The Morgan fingerprint density at radius 2 is 1.79 bits per heavy atom. The van der Waals surface area contributed by atoms with Crippen LogP contribution in [0.2, 0.25) is 0 Å². The summed E-state index contributed by atoms with van der Waals surface area (Å²) >= 11 is 0. The Kier molecular flexibility index (Phi) is 5.20. The van der Waals surface area contributed by atoms with E-state index < -0.39 is 0 Å². The minimum atomic E-state index is 0.252. The summed E-state index contributed by atoms with van der Waals surface area (Å²) < 4.78 is 0. The van der Waals surface area contributed by atoms with Crippen LogP contribution in [0.1, 0.15) is 6.42 Å². The van der Waals surface area contributed by atoms with E-state index >= 15 is 0 Å². The summed E-state index contributed by atoms with van der Waals surface area (Å²) in [5.74, 6) is 0. The van der Waals surface area contributed by atoms with Gasteiger partial charge in [-0.15, -0.1) is 0 Å². The van der Waals surface area contributed by atoms with E-state index in [9.17, 15) is 0 Å². The van der Waals surface area contributed by atoms with E-state index in [0.717, 1.165) is 19.6 Å². The number of hydrogen-bond donors (Lipinski definition) is 1. The van der Waals surface area contributed by atoms with Crippen LogP contribution in [-0.4, -0.2) is 105 Å². The third-order valence-electron chi connectivity index (χ3n) is 4.81. The molecule has 112 valence electrons. The molecule has 1 atom stereocenters. The van der Waals surface area contributed by atoms with Crippen LogP contribution >= 0.6 is 0 Å². The molecule has 2 fully saturated rings. The zero-order chi connectivity index (χ0) is 13.9. The smallest absolute Gasteiger partial charge is 0.0471 e. The highest BCUT2D eigenvalue weighted by atomic mass is 15.3. The van der Waals surface area contributed by atoms with Crippen molar-refractivity contribution in [3.63, 3.8) is 0 Å². The molecule has 2 heterocycles. The zero-order valence-corrected chi connectivity index (χ0v) is 12.9. The summed E-state index contributed by atoms with van der Waals surface area (Å²) in [6, 6.07) is 0. The van der Waals surface area contributed by atoms with E-state index in [1.807, 2.05) is 0 Å². The summed E-state index contributed by atoms with van der Waals surface area (Å²) in [5, 5.41) is 0. The third-order valence-corrected chi connectivity index (χ3v) is 4.81. The summed E-state index contributed by atoms with van der Waals surface area (Å²) in [7, 11) is 6.51. The van der Waals surface area contributed by atoms with Gasteiger partial charge in [-0.2, -0.15) is 0 Å². The van der Waals surface area contributed by atoms with Crippen LogP contribution in [0.15, 0.2) is 0 Å². The molecule has 0 aliphatic carbocycles. The molecule has 2 aliphatic rings. The van der Waals surface area contributed by atoms with Gasteiger partial charge in [-0.3, -0.25) is 9.80 Å². The predicted molar refractivity (Wildman–Crippen MR) is 80.5 cm³/mol. The van der Waals surface area contributed by atoms with Gasteiger partial charge in [-0.1, -0.05) is 0 Å². The van der Waals surface area contributed by atoms with Crippen molar-refractivity contribution in [1.29, 1.82) is 0 Å². The number of likely N-dealkylation sites (tertiary alicyclic amines) is 1. The third kappa shape index (κ3) is 3.67. The largest absolute Gasteiger partial charge is 0.329 e. The van der Waals surface area contributed by atoms with Crippen LogP contribution in [0.3, 0.4) is 0 Å². The van der Waals surface area contributed by atoms with Crippen molar-refractivity contribution in [2.75, 3.05) is 80.0 Å². The molecule has 0 saturated carbocycles. The summed E-state index contributed by atoms with van der Waals surface area (Å²) in [4.78, 5) is 9.92. The molecule has 0 spiro atoms. The van der Waals surface area contributed by atoms with Gasteiger partial charge in [-0.05, 0) is 34.1 Å². The van der Waals surface area contributed by atoms with Crippen molar-refractivity contribution in [1.82, 2.24) is 19.6 Å². The molecule has 5 nitrogen and oxygen atoms in total. The van der Waals surface area contributed by atoms with Crippen LogP contribution in [0.25, 0.3) is 0 Å². The fourth-order valence-electron chi connectivity index (χ4n) is 3.40. The average molecular weight is 269 g/mol. The second-order valence-electron chi connectivity index (χ2n) is 6.55. The summed E-state index contributed by atoms with van der Waals surface area (Å²) in [6.07, 6.45) is 1.23. The van der Waals surface area contributed by atoms with E-state index in [4.69, 9.17) is 5.73 Å². The molecular formula is C14H31N5. The molecule has 0 aromatic heterocycles. The second-order valence-corrected chi connectivity index (χ2v) is 6.55. The molecule has 0 aromatic carbocycles. The van der Waals surface area contributed by atoms with Gasteiger partial charge in [0.15, 0.2) is 0 Å². The monoisotopic (exact) mass is 269 g/mol. The lowest BCUT2D eigenvalue weighted by Gasteiger charge is -2.45. The lowest BCUT2D eigenvalue weighted by molar-refractivity contribution is 0.0402. The number of rotatable bonds is 5. The normalized spacial score (nSPS) is 31.4. The van der Waals surface area contributed by atoms with Crippen molar-refractivity contribution in [2.24, 2.45) is 5.73 Å². The first kappa shape index (κ1) is 15.2. The van der Waals surface area contributed by atoms with Gasteiger partial charge in [0.1, 0.15) is 0 Å². The molecule has 1 unspecified atom stereocenters. The van der Waals surface area contributed by atoms with Crippen LogP contribution in [-0.2, 0) is 0 Å². The topological polar surface area (TPSA) is 39.0 Å². The van der Waals surface area contributed by atoms with Crippen molar-refractivity contribution < 1.29 is 0 Å². The fraction of sp³-hybridized carbons (Fsp3) is 1.00. The number of hydrogen-bond acceptors (Lipinski definition) is 5. The summed E-state index contributed by atoms with van der Waals surface area (Å²) in [6.45, 7) is 10.2. The number of nitrogens with two attached hydrogens (primary N) is 1. The fourth-order valence-corrected chi connectivity index (χ4v) is 3.40. The molecule has 0 aromatic rings. The van der Waals surface area contributed by atoms with E-state index in [-0.39, 0.29) is 5.54 Å². The second kappa shape index (κ2) is 6.50. The van der Waals surface area contributed by atoms with E-state index in [2.05, 4.69) is 40.7 Å². The van der Waals surface area contributed by atoms with Gasteiger partial charge < -0.3 is 15.5 Å². The molecule has 2 rings (SSSR count). The van der Waals surface area contributed by atoms with Gasteiger partial charge >= 0.3 is 0 Å². The molecule has 19 heavy (non-hydrogen) atoms. The van der Waals surface area contributed by atoms with E-state index in [1.54, 1.807) is 0 Å². The zero-order valence-electron chi connectivity index (χ0n) is 12.9. The van der Waals surface area contributed by atoms with Crippen molar-refractivity contribution in [2.45, 2.75) is 12.0 Å². The van der Waals surface area contributed by atoms with Crippen LogP contribution in [0.4, 0.5) is 0 Å². The maximum atomic E-state index is 6.11. The number of likely N-dealkylation sites (N-methyl/N-ethyl adjacent to an activating group) is 2. The Morgan fingerprint density at radius 1 is 1.11 bits per heavy atom. The maximum Gasteiger partial charge on any atom is 0.0471 e. The van der Waals surface area contributed by atoms with Gasteiger partial charge in [0, 0.05) is 57.9 Å². The molecule has 0 bridgehead atoms. The van der Waals surface area contributed by atoms with Gasteiger partial charge in [0.05, 0.1) is 0 Å². The molecule has 0 radical (unpaired) electrons. The Morgan fingerprint density at radius 3 is 2.26 bits per heavy atom. The first-order chi connectivity index (χ1) is 9.05. The maximum absolute atomic E-state index is 6.11. The lowest BCUT2D eigenvalue weighted by Crippen LogP contribution is -2.61. The molecule has 0 amide bonds. The quantitative estimate of drug-likeness (QED) is 0.707. The molecule has 5 heteroatoms. The van der Waals surface area contributed by atoms with Crippen LogP contribution in [0.5, 0.6) is 0 Å². The van der Waals surface area contributed by atoms with Crippen molar-refractivity contribution in [3.8, 4) is 0 Å². The minimum absolute atomic E-state index is 0.252. The first-order valence-corrected chi connectivity index (χ1v) is 7.56. The van der Waals surface area contributed by atoms with Crippen LogP contribution in [0, 0.1) is 0 Å². The number of piperazine rings is 1. The van der Waals surface area contributed by atoms with Gasteiger partial charge in [0.2, 0.25) is 0 Å². The highest BCUT2D eigenvalue weighted by Crippen LogP contribution is 2.27. The standard InChI is InChI=1S/C14H31N5/c1-16(2)6-7-18-8-10-19(11-9-18)14(12-15)4-5-17(3)13-14/h4-13,15H2,1-3H3. The SMILES string of the molecule is CN(C)CCN1CCN(C2(CN)CCN(C)C2)CC1. The minimum Gasteiger partial charge on any atom is -0.329 e. The summed E-state index contributed by atoms with van der Waals surface area (Å²) in [5.41, 5.74) is 6.36. The van der Waals surface area contributed by atoms with Crippen LogP contribution < -0.4 is 5.73 Å². The van der Waals surface area contributed by atoms with Gasteiger partial charge in [-0.25, -0.2) is 0 Å². The predicted octanol–water partition coefficient (Wildman–Crippen LogP) is -0.801. The van der Waals surface area contributed by atoms with E-state index in [1.165, 1.54) is 45.7 Å². The molecule has 2 aliphatic heterocycles. The molecule has 2 N–H and O–H groups in total. The average Bonchev–Trinajstić information content (AvgIpc) is 2.80. The highest BCUT2D eigenvalue weighted by molar-refractivity contribution is 5.00. The lowest BCUT2D eigenvalue weighted by atomic mass is 9.95. The highest BCUT2D eigenvalue weighted by Gasteiger charge is 2.41. The molecular weight excluding hydrogens is 238 g/mol.